The number of aromatic nitrogens is 2. The third-order valence-electron chi connectivity index (χ3n) is 5.35. The molecule has 1 unspecified atom stereocenters. The normalized spacial score (nSPS) is 17.6. The Morgan fingerprint density at radius 1 is 1.30 bits per heavy atom. The van der Waals surface area contributed by atoms with Gasteiger partial charge in [0.1, 0.15) is 11.6 Å². The van der Waals surface area contributed by atoms with Gasteiger partial charge in [-0.25, -0.2) is 9.97 Å². The average molecular weight is 400 g/mol. The quantitative estimate of drug-likeness (QED) is 0.555. The second-order valence-corrected chi connectivity index (χ2v) is 8.05. The summed E-state index contributed by atoms with van der Waals surface area (Å²) in [5.74, 6) is 0.722. The van der Waals surface area contributed by atoms with Crippen molar-refractivity contribution in [2.24, 2.45) is 11.8 Å². The van der Waals surface area contributed by atoms with Gasteiger partial charge < -0.3 is 16.4 Å². The summed E-state index contributed by atoms with van der Waals surface area (Å²) < 4.78 is 0. The minimum Gasteiger partial charge on any atom is -0.398 e. The molecule has 1 saturated carbocycles. The Hall–Kier alpha value is -3.66. The minimum absolute atomic E-state index is 0.160. The molecule has 4 N–H and O–H groups in total. The molecule has 7 nitrogen and oxygen atoms in total. The van der Waals surface area contributed by atoms with Crippen LogP contribution in [-0.2, 0) is 4.79 Å². The lowest BCUT2D eigenvalue weighted by Gasteiger charge is -2.16. The zero-order chi connectivity index (χ0) is 21.4. The molecule has 0 bridgehead atoms. The van der Waals surface area contributed by atoms with Crippen LogP contribution < -0.4 is 16.4 Å². The molecular weight excluding hydrogens is 376 g/mol. The number of hydrogen-bond donors (Lipinski definition) is 3. The molecule has 1 aromatic carbocycles. The molecule has 1 amide bonds. The Labute approximate surface area is 175 Å². The van der Waals surface area contributed by atoms with E-state index in [4.69, 9.17) is 11.0 Å². The van der Waals surface area contributed by atoms with E-state index in [1.807, 2.05) is 31.2 Å². The number of pyridine rings is 2. The summed E-state index contributed by atoms with van der Waals surface area (Å²) in [7, 11) is 0. The number of nitriles is 1. The van der Waals surface area contributed by atoms with Gasteiger partial charge in [-0.2, -0.15) is 5.26 Å². The highest BCUT2D eigenvalue weighted by Gasteiger charge is 2.43. The SMILES string of the molecule is Cc1c(-c2cc(N)c3cnc(NC(=O)[C@H]4CC4C#N)cc3c2)ccnc1NC(C)C. The maximum atomic E-state index is 12.3. The van der Waals surface area contributed by atoms with Crippen LogP contribution in [0.4, 0.5) is 17.3 Å². The first-order valence-corrected chi connectivity index (χ1v) is 9.99. The van der Waals surface area contributed by atoms with Gasteiger partial charge in [0.2, 0.25) is 5.91 Å². The summed E-state index contributed by atoms with van der Waals surface area (Å²) in [5, 5.41) is 16.8. The van der Waals surface area contributed by atoms with Crippen LogP contribution in [0.5, 0.6) is 0 Å². The summed E-state index contributed by atoms with van der Waals surface area (Å²) in [4.78, 5) is 21.0. The molecule has 152 valence electrons. The van der Waals surface area contributed by atoms with Gasteiger partial charge in [-0.05, 0) is 73.5 Å². The number of hydrogen-bond acceptors (Lipinski definition) is 6. The average Bonchev–Trinajstić information content (AvgIpc) is 3.49. The molecule has 2 aromatic heterocycles. The van der Waals surface area contributed by atoms with Gasteiger partial charge in [0.05, 0.1) is 17.9 Å². The molecule has 2 atom stereocenters. The highest BCUT2D eigenvalue weighted by molar-refractivity contribution is 6.00. The fourth-order valence-electron chi connectivity index (χ4n) is 3.62. The summed E-state index contributed by atoms with van der Waals surface area (Å²) in [5.41, 5.74) is 9.99. The summed E-state index contributed by atoms with van der Waals surface area (Å²) in [6, 6.07) is 10.2. The van der Waals surface area contributed by atoms with Crippen molar-refractivity contribution in [3.05, 3.63) is 42.2 Å². The van der Waals surface area contributed by atoms with Crippen molar-refractivity contribution >= 4 is 34.0 Å². The summed E-state index contributed by atoms with van der Waals surface area (Å²) >= 11 is 0. The van der Waals surface area contributed by atoms with Crippen LogP contribution in [0, 0.1) is 30.1 Å². The number of carbonyl (C=O) groups excluding carboxylic acids is 1. The number of fused-ring (bicyclic) bond motifs is 1. The van der Waals surface area contributed by atoms with E-state index < -0.39 is 0 Å². The molecule has 0 saturated heterocycles. The largest absolute Gasteiger partial charge is 0.398 e. The van der Waals surface area contributed by atoms with Crippen LogP contribution in [0.15, 0.2) is 36.7 Å². The predicted molar refractivity (Wildman–Crippen MR) is 119 cm³/mol. The van der Waals surface area contributed by atoms with Crippen LogP contribution in [-0.4, -0.2) is 21.9 Å². The van der Waals surface area contributed by atoms with Gasteiger partial charge in [0.15, 0.2) is 0 Å². The van der Waals surface area contributed by atoms with Gasteiger partial charge in [0, 0.05) is 29.5 Å². The molecule has 1 aliphatic carbocycles. The number of amides is 1. The molecule has 2 heterocycles. The summed E-state index contributed by atoms with van der Waals surface area (Å²) in [6.45, 7) is 6.18. The zero-order valence-electron chi connectivity index (χ0n) is 17.2. The van der Waals surface area contributed by atoms with E-state index in [0.717, 1.165) is 33.3 Å². The second-order valence-electron chi connectivity index (χ2n) is 8.05. The molecule has 1 aliphatic rings. The van der Waals surface area contributed by atoms with E-state index in [9.17, 15) is 4.79 Å². The fraction of sp³-hybridized carbons (Fsp3) is 0.304. The molecule has 30 heavy (non-hydrogen) atoms. The molecule has 4 rings (SSSR count). The number of rotatable bonds is 5. The second kappa shape index (κ2) is 7.64. The van der Waals surface area contributed by atoms with Crippen molar-refractivity contribution in [1.82, 2.24) is 9.97 Å². The Bertz CT molecular complexity index is 1180. The van der Waals surface area contributed by atoms with E-state index >= 15 is 0 Å². The monoisotopic (exact) mass is 400 g/mol. The van der Waals surface area contributed by atoms with Gasteiger partial charge in [-0.3, -0.25) is 4.79 Å². The number of nitrogens with zero attached hydrogens (tertiary/aromatic N) is 3. The van der Waals surface area contributed by atoms with Crippen LogP contribution in [0.1, 0.15) is 25.8 Å². The molecule has 0 spiro atoms. The number of nitrogens with two attached hydrogens (primary N) is 1. The van der Waals surface area contributed by atoms with Crippen LogP contribution in [0.2, 0.25) is 0 Å². The molecule has 1 fully saturated rings. The lowest BCUT2D eigenvalue weighted by atomic mass is 9.98. The Morgan fingerprint density at radius 3 is 2.80 bits per heavy atom. The number of nitrogens with one attached hydrogen (secondary N) is 2. The standard InChI is InChI=1S/C23H24N6O/c1-12(2)28-22-13(3)17(4-5-26-22)14-6-15-9-21(27-11-19(15)20(25)8-14)29-23(30)18-7-16(18)10-24/h4-6,8-9,11-12,16,18H,7,25H2,1-3H3,(H,26,28)(H,27,29,30)/t16?,18-/m0/s1. The minimum atomic E-state index is -0.241. The summed E-state index contributed by atoms with van der Waals surface area (Å²) in [6.07, 6.45) is 4.07. The van der Waals surface area contributed by atoms with Gasteiger partial charge in [-0.1, -0.05) is 0 Å². The van der Waals surface area contributed by atoms with E-state index in [1.165, 1.54) is 0 Å². The van der Waals surface area contributed by atoms with Crippen molar-refractivity contribution in [3.8, 4) is 17.2 Å². The lowest BCUT2D eigenvalue weighted by molar-refractivity contribution is -0.117. The molecule has 7 heteroatoms. The molecule has 3 aromatic rings. The van der Waals surface area contributed by atoms with Crippen molar-refractivity contribution in [1.29, 1.82) is 5.26 Å². The first kappa shape index (κ1) is 19.6. The van der Waals surface area contributed by atoms with E-state index in [0.29, 0.717) is 17.9 Å². The first-order chi connectivity index (χ1) is 14.4. The van der Waals surface area contributed by atoms with Gasteiger partial charge in [-0.15, -0.1) is 0 Å². The molecule has 0 radical (unpaired) electrons. The van der Waals surface area contributed by atoms with Crippen LogP contribution >= 0.6 is 0 Å². The van der Waals surface area contributed by atoms with Crippen molar-refractivity contribution in [2.75, 3.05) is 16.4 Å². The molecular formula is C23H24N6O. The number of nitrogen functional groups attached to an aromatic ring is 1. The maximum absolute atomic E-state index is 12.3. The van der Waals surface area contributed by atoms with Crippen LogP contribution in [0.25, 0.3) is 21.9 Å². The van der Waals surface area contributed by atoms with Crippen molar-refractivity contribution < 1.29 is 4.79 Å². The number of carbonyl (C=O) groups is 1. The lowest BCUT2D eigenvalue weighted by Crippen LogP contribution is -2.15. The molecule has 0 aliphatic heterocycles. The maximum Gasteiger partial charge on any atom is 0.230 e. The van der Waals surface area contributed by atoms with E-state index in [1.54, 1.807) is 12.4 Å². The van der Waals surface area contributed by atoms with Crippen molar-refractivity contribution in [3.63, 3.8) is 0 Å². The Morgan fingerprint density at radius 2 is 2.10 bits per heavy atom. The van der Waals surface area contributed by atoms with Crippen molar-refractivity contribution in [2.45, 2.75) is 33.2 Å². The van der Waals surface area contributed by atoms with E-state index in [2.05, 4.69) is 40.5 Å². The predicted octanol–water partition coefficient (Wildman–Crippen LogP) is 4.11. The first-order valence-electron chi connectivity index (χ1n) is 9.99. The number of benzene rings is 1. The zero-order valence-corrected chi connectivity index (χ0v) is 17.2. The number of anilines is 3. The van der Waals surface area contributed by atoms with Crippen LogP contribution in [0.3, 0.4) is 0 Å². The third kappa shape index (κ3) is 3.77. The fourth-order valence-corrected chi connectivity index (χ4v) is 3.62. The topological polar surface area (TPSA) is 117 Å². The Kier molecular flexibility index (Phi) is 5.00. The van der Waals surface area contributed by atoms with Gasteiger partial charge >= 0.3 is 0 Å². The van der Waals surface area contributed by atoms with Gasteiger partial charge in [0.25, 0.3) is 0 Å². The van der Waals surface area contributed by atoms with E-state index in [-0.39, 0.29) is 23.8 Å². The Balaban J connectivity index is 1.69. The third-order valence-corrected chi connectivity index (χ3v) is 5.35. The highest BCUT2D eigenvalue weighted by atomic mass is 16.2. The highest BCUT2D eigenvalue weighted by Crippen LogP contribution is 2.39. The smallest absolute Gasteiger partial charge is 0.230 e.